The molecule has 1 aromatic carbocycles. The fourth-order valence-electron chi connectivity index (χ4n) is 3.73. The number of aromatic nitrogens is 2. The quantitative estimate of drug-likeness (QED) is 0.865. The molecule has 1 spiro atoms. The molecule has 124 valence electrons. The Morgan fingerprint density at radius 1 is 1.42 bits per heavy atom. The third-order valence-electron chi connectivity index (χ3n) is 5.04. The zero-order chi connectivity index (χ0) is 16.7. The summed E-state index contributed by atoms with van der Waals surface area (Å²) in [5.74, 6) is -0.0830. The van der Waals surface area contributed by atoms with Crippen molar-refractivity contribution < 1.29 is 14.6 Å². The molecule has 1 N–H and O–H groups in total. The van der Waals surface area contributed by atoms with E-state index >= 15 is 0 Å². The van der Waals surface area contributed by atoms with E-state index in [1.807, 2.05) is 0 Å². The number of rotatable bonds is 1. The van der Waals surface area contributed by atoms with E-state index in [0.29, 0.717) is 37.4 Å². The van der Waals surface area contributed by atoms with Crippen LogP contribution in [-0.4, -0.2) is 45.6 Å². The number of para-hydroxylation sites is 1. The topological polar surface area (TPSA) is 75.6 Å². The number of nitrogens with zero attached hydrogens (tertiary/aromatic N) is 3. The zero-order valence-electron chi connectivity index (χ0n) is 13.5. The van der Waals surface area contributed by atoms with Gasteiger partial charge in [-0.25, -0.2) is 9.97 Å². The highest BCUT2D eigenvalue weighted by molar-refractivity contribution is 5.97. The minimum atomic E-state index is -0.272. The van der Waals surface area contributed by atoms with Gasteiger partial charge in [-0.05, 0) is 25.0 Å². The minimum Gasteiger partial charge on any atom is -0.507 e. The number of aryl methyl sites for hydroxylation is 1. The van der Waals surface area contributed by atoms with Gasteiger partial charge in [0.15, 0.2) is 0 Å². The largest absolute Gasteiger partial charge is 0.507 e. The molecule has 1 aromatic heterocycles. The Kier molecular flexibility index (Phi) is 3.49. The van der Waals surface area contributed by atoms with E-state index in [2.05, 4.69) is 9.97 Å². The first kappa shape index (κ1) is 15.1. The molecule has 1 fully saturated rings. The van der Waals surface area contributed by atoms with Crippen molar-refractivity contribution in [3.05, 3.63) is 53.1 Å². The number of likely N-dealkylation sites (tertiary alicyclic amines) is 1. The van der Waals surface area contributed by atoms with Gasteiger partial charge in [0.25, 0.3) is 5.91 Å². The van der Waals surface area contributed by atoms with E-state index in [1.54, 1.807) is 42.5 Å². The maximum atomic E-state index is 12.9. The van der Waals surface area contributed by atoms with Gasteiger partial charge in [0.1, 0.15) is 12.1 Å². The number of phenols is 1. The van der Waals surface area contributed by atoms with Gasteiger partial charge in [0, 0.05) is 24.8 Å². The summed E-state index contributed by atoms with van der Waals surface area (Å²) >= 11 is 0. The molecular formula is C18H19N3O3. The van der Waals surface area contributed by atoms with Crippen molar-refractivity contribution in [3.8, 4) is 5.75 Å². The average Bonchev–Trinajstić information content (AvgIpc) is 3.02. The number of carbonyl (C=O) groups is 1. The third kappa shape index (κ3) is 2.26. The lowest BCUT2D eigenvalue weighted by Crippen LogP contribution is -2.41. The van der Waals surface area contributed by atoms with Crippen molar-refractivity contribution >= 4 is 5.91 Å². The molecule has 4 rings (SSSR count). The van der Waals surface area contributed by atoms with Crippen molar-refractivity contribution in [3.63, 3.8) is 0 Å². The second kappa shape index (κ2) is 5.56. The molecule has 6 nitrogen and oxygen atoms in total. The minimum absolute atomic E-state index is 0.0612. The molecule has 24 heavy (non-hydrogen) atoms. The third-order valence-corrected chi connectivity index (χ3v) is 5.04. The first-order valence-electron chi connectivity index (χ1n) is 8.06. The Hall–Kier alpha value is -2.47. The van der Waals surface area contributed by atoms with Crippen LogP contribution in [0.1, 0.15) is 33.6 Å². The second-order valence-electron chi connectivity index (χ2n) is 6.62. The fourth-order valence-corrected chi connectivity index (χ4v) is 3.73. The predicted octanol–water partition coefficient (Wildman–Crippen LogP) is 1.80. The standard InChI is InChI=1S/C18H19N3O3/c1-12-3-2-4-14(15(12)22)17(23)21-6-5-18(9-21)10-24-8-13-7-19-11-20-16(13)18/h2-4,7,11,22H,5-6,8-10H2,1H3. The predicted molar refractivity (Wildman–Crippen MR) is 86.7 cm³/mol. The van der Waals surface area contributed by atoms with Gasteiger partial charge in [-0.1, -0.05) is 12.1 Å². The molecule has 0 bridgehead atoms. The highest BCUT2D eigenvalue weighted by Crippen LogP contribution is 2.39. The van der Waals surface area contributed by atoms with Crippen LogP contribution in [0.3, 0.4) is 0 Å². The number of carbonyl (C=O) groups excluding carboxylic acids is 1. The Morgan fingerprint density at radius 3 is 3.17 bits per heavy atom. The van der Waals surface area contributed by atoms with E-state index in [0.717, 1.165) is 17.7 Å². The van der Waals surface area contributed by atoms with Crippen LogP contribution in [0.25, 0.3) is 0 Å². The van der Waals surface area contributed by atoms with E-state index < -0.39 is 0 Å². The second-order valence-corrected chi connectivity index (χ2v) is 6.62. The first-order valence-corrected chi connectivity index (χ1v) is 8.06. The zero-order valence-corrected chi connectivity index (χ0v) is 13.5. The van der Waals surface area contributed by atoms with Gasteiger partial charge in [-0.15, -0.1) is 0 Å². The number of fused-ring (bicyclic) bond motifs is 2. The van der Waals surface area contributed by atoms with Crippen LogP contribution < -0.4 is 0 Å². The van der Waals surface area contributed by atoms with Crippen molar-refractivity contribution in [2.24, 2.45) is 0 Å². The lowest BCUT2D eigenvalue weighted by atomic mass is 9.81. The van der Waals surface area contributed by atoms with Gasteiger partial charge in [0.2, 0.25) is 0 Å². The molecule has 2 aromatic rings. The van der Waals surface area contributed by atoms with Crippen LogP contribution >= 0.6 is 0 Å². The van der Waals surface area contributed by atoms with E-state index in [1.165, 1.54) is 0 Å². The van der Waals surface area contributed by atoms with Gasteiger partial charge in [-0.3, -0.25) is 4.79 Å². The maximum Gasteiger partial charge on any atom is 0.257 e. The molecule has 0 radical (unpaired) electrons. The average molecular weight is 325 g/mol. The van der Waals surface area contributed by atoms with E-state index in [-0.39, 0.29) is 17.1 Å². The molecular weight excluding hydrogens is 306 g/mol. The molecule has 1 unspecified atom stereocenters. The number of hydrogen-bond acceptors (Lipinski definition) is 5. The number of amides is 1. The smallest absolute Gasteiger partial charge is 0.257 e. The van der Waals surface area contributed by atoms with Gasteiger partial charge in [-0.2, -0.15) is 0 Å². The van der Waals surface area contributed by atoms with Crippen LogP contribution in [0.4, 0.5) is 0 Å². The Balaban J connectivity index is 1.64. The van der Waals surface area contributed by atoms with E-state index in [9.17, 15) is 9.90 Å². The van der Waals surface area contributed by atoms with Crippen LogP contribution in [0.15, 0.2) is 30.7 Å². The molecule has 6 heteroatoms. The van der Waals surface area contributed by atoms with Crippen LogP contribution in [0.5, 0.6) is 5.75 Å². The summed E-state index contributed by atoms with van der Waals surface area (Å²) in [4.78, 5) is 23.2. The van der Waals surface area contributed by atoms with Crippen molar-refractivity contribution in [1.82, 2.24) is 14.9 Å². The molecule has 1 saturated heterocycles. The highest BCUT2D eigenvalue weighted by atomic mass is 16.5. The first-order chi connectivity index (χ1) is 11.6. The Bertz CT molecular complexity index is 808. The highest BCUT2D eigenvalue weighted by Gasteiger charge is 2.46. The van der Waals surface area contributed by atoms with Gasteiger partial charge in [0.05, 0.1) is 29.9 Å². The SMILES string of the molecule is Cc1cccc(C(=O)N2CCC3(COCc4cncnc43)C2)c1O. The van der Waals surface area contributed by atoms with Gasteiger partial charge < -0.3 is 14.7 Å². The molecule has 1 amide bonds. The van der Waals surface area contributed by atoms with Crippen LogP contribution in [-0.2, 0) is 16.8 Å². The van der Waals surface area contributed by atoms with Crippen molar-refractivity contribution in [1.29, 1.82) is 0 Å². The molecule has 2 aliphatic heterocycles. The van der Waals surface area contributed by atoms with Crippen LogP contribution in [0, 0.1) is 6.92 Å². The summed E-state index contributed by atoms with van der Waals surface area (Å²) in [5.41, 5.74) is 2.77. The summed E-state index contributed by atoms with van der Waals surface area (Å²) in [6.07, 6.45) is 4.15. The monoisotopic (exact) mass is 325 g/mol. The number of aromatic hydroxyl groups is 1. The molecule has 1 atom stereocenters. The molecule has 3 heterocycles. The number of ether oxygens (including phenoxy) is 1. The normalized spacial score (nSPS) is 22.6. The van der Waals surface area contributed by atoms with Crippen LogP contribution in [0.2, 0.25) is 0 Å². The molecule has 2 aliphatic rings. The molecule has 0 saturated carbocycles. The summed E-state index contributed by atoms with van der Waals surface area (Å²) in [5, 5.41) is 10.2. The van der Waals surface area contributed by atoms with Crippen molar-refractivity contribution in [2.75, 3.05) is 19.7 Å². The number of phenolic OH excluding ortho intramolecular Hbond substituents is 1. The molecule has 0 aliphatic carbocycles. The lowest BCUT2D eigenvalue weighted by Gasteiger charge is -2.33. The maximum absolute atomic E-state index is 12.9. The number of benzene rings is 1. The summed E-state index contributed by atoms with van der Waals surface area (Å²) in [6, 6.07) is 5.25. The van der Waals surface area contributed by atoms with E-state index in [4.69, 9.17) is 4.74 Å². The fraction of sp³-hybridized carbons (Fsp3) is 0.389. The van der Waals surface area contributed by atoms with Crippen molar-refractivity contribution in [2.45, 2.75) is 25.4 Å². The summed E-state index contributed by atoms with van der Waals surface area (Å²) in [7, 11) is 0. The van der Waals surface area contributed by atoms with Gasteiger partial charge >= 0.3 is 0 Å². The Labute approximate surface area is 140 Å². The lowest BCUT2D eigenvalue weighted by molar-refractivity contribution is 0.0483. The Morgan fingerprint density at radius 2 is 2.29 bits per heavy atom. The number of hydrogen-bond donors (Lipinski definition) is 1. The summed E-state index contributed by atoms with van der Waals surface area (Å²) in [6.45, 7) is 4.03. The summed E-state index contributed by atoms with van der Waals surface area (Å²) < 4.78 is 5.74.